The molecule has 11 rings (SSSR count). The van der Waals surface area contributed by atoms with Gasteiger partial charge >= 0.3 is 5.97 Å². The highest BCUT2D eigenvalue weighted by Gasteiger charge is 2.30. The quantitative estimate of drug-likeness (QED) is 0.0631. The minimum absolute atomic E-state index is 0.0249. The van der Waals surface area contributed by atoms with E-state index < -0.39 is 11.9 Å². The number of carboxylic acids is 1. The van der Waals surface area contributed by atoms with Crippen LogP contribution in [0.4, 0.5) is 0 Å². The van der Waals surface area contributed by atoms with Crippen LogP contribution in [0.25, 0.3) is 50.4 Å². The number of nitrogens with one attached hydrogen (secondary N) is 2. The number of aromatic hydroxyl groups is 1. The normalized spacial score (nSPS) is 13.9. The number of amides is 2. The van der Waals surface area contributed by atoms with Crippen LogP contribution in [0.2, 0.25) is 0 Å². The van der Waals surface area contributed by atoms with E-state index in [-0.39, 0.29) is 64.4 Å². The highest BCUT2D eigenvalue weighted by molar-refractivity contribution is 6.09. The van der Waals surface area contributed by atoms with Gasteiger partial charge in [0.2, 0.25) is 0 Å². The van der Waals surface area contributed by atoms with Crippen LogP contribution in [0.15, 0.2) is 167 Å². The SMILES string of the molecule is O=C(NCc1ccc(-c2c(C(=O)NC3CCN(CC4CC4)CC3)nnn2-c2ccc(OCc3ccccc3)cc2OCc2ccccc2)cc1)c1ccc(-c2c3ccc(=O)cc-3oc3cc(O)ccc23)c(C(=O)O)c1. The molecule has 2 fully saturated rings. The number of aromatic carboxylic acids is 1. The number of phenols is 1. The maximum Gasteiger partial charge on any atom is 0.336 e. The average molecular weight is 1000 g/mol. The lowest BCUT2D eigenvalue weighted by atomic mass is 9.90. The molecule has 0 spiro atoms. The number of phenolic OH excluding ortho intramolecular Hbond substituents is 1. The number of hydrogen-bond acceptors (Lipinski definition) is 11. The van der Waals surface area contributed by atoms with Crippen molar-refractivity contribution >= 4 is 28.8 Å². The molecule has 75 heavy (non-hydrogen) atoms. The maximum absolute atomic E-state index is 14.4. The number of fused-ring (bicyclic) bond motifs is 2. The minimum Gasteiger partial charge on any atom is -0.508 e. The Hall–Kier alpha value is -9.08. The lowest BCUT2D eigenvalue weighted by Gasteiger charge is -2.32. The van der Waals surface area contributed by atoms with Crippen LogP contribution in [0.1, 0.15) is 73.6 Å². The van der Waals surface area contributed by atoms with Crippen LogP contribution in [0.3, 0.4) is 0 Å². The highest BCUT2D eigenvalue weighted by atomic mass is 16.5. The van der Waals surface area contributed by atoms with Crippen LogP contribution >= 0.6 is 0 Å². The summed E-state index contributed by atoms with van der Waals surface area (Å²) in [5.74, 6) is -0.134. The molecule has 4 aliphatic rings. The third-order valence-electron chi connectivity index (χ3n) is 13.8. The van der Waals surface area contributed by atoms with E-state index in [0.29, 0.717) is 57.1 Å². The number of hydrogen-bond donors (Lipinski definition) is 4. The van der Waals surface area contributed by atoms with Crippen LogP contribution in [0, 0.1) is 5.92 Å². The Bertz CT molecular complexity index is 3590. The van der Waals surface area contributed by atoms with Crippen molar-refractivity contribution in [1.29, 1.82) is 0 Å². The molecule has 7 aromatic rings. The van der Waals surface area contributed by atoms with Crippen molar-refractivity contribution in [3.63, 3.8) is 0 Å². The van der Waals surface area contributed by atoms with Gasteiger partial charge in [0.25, 0.3) is 11.8 Å². The first-order chi connectivity index (χ1) is 36.6. The molecule has 4 N–H and O–H groups in total. The summed E-state index contributed by atoms with van der Waals surface area (Å²) in [4.78, 5) is 55.9. The topological polar surface area (TPSA) is 198 Å². The predicted molar refractivity (Wildman–Crippen MR) is 282 cm³/mol. The predicted octanol–water partition coefficient (Wildman–Crippen LogP) is 9.91. The number of rotatable bonds is 17. The first kappa shape index (κ1) is 48.2. The van der Waals surface area contributed by atoms with E-state index in [1.54, 1.807) is 28.9 Å². The molecular weight excluding hydrogens is 949 g/mol. The Morgan fingerprint density at radius 3 is 2.15 bits per heavy atom. The summed E-state index contributed by atoms with van der Waals surface area (Å²) < 4.78 is 20.3. The summed E-state index contributed by atoms with van der Waals surface area (Å²) in [6.07, 6.45) is 4.26. The van der Waals surface area contributed by atoms with Gasteiger partial charge in [-0.2, -0.15) is 0 Å². The number of carbonyl (C=O) groups excluding carboxylic acids is 2. The summed E-state index contributed by atoms with van der Waals surface area (Å²) in [5.41, 5.74) is 5.61. The van der Waals surface area contributed by atoms with E-state index >= 15 is 0 Å². The number of nitrogens with zero attached hydrogens (tertiary/aromatic N) is 4. The van der Waals surface area contributed by atoms with E-state index in [1.807, 2.05) is 103 Å². The number of piperidine rings is 1. The third kappa shape index (κ3) is 10.8. The number of ether oxygens (including phenoxy) is 2. The van der Waals surface area contributed by atoms with Crippen molar-refractivity contribution in [1.82, 2.24) is 30.5 Å². The second-order valence-electron chi connectivity index (χ2n) is 19.1. The Balaban J connectivity index is 0.875. The second kappa shape index (κ2) is 21.2. The second-order valence-corrected chi connectivity index (χ2v) is 19.1. The van der Waals surface area contributed by atoms with Crippen molar-refractivity contribution in [2.75, 3.05) is 19.6 Å². The van der Waals surface area contributed by atoms with Crippen LogP contribution in [-0.2, 0) is 19.8 Å². The van der Waals surface area contributed by atoms with Gasteiger partial charge in [0, 0.05) is 78.1 Å². The molecule has 1 saturated carbocycles. The lowest BCUT2D eigenvalue weighted by Crippen LogP contribution is -2.45. The molecule has 0 bridgehead atoms. The molecule has 0 radical (unpaired) electrons. The molecule has 15 nitrogen and oxygen atoms in total. The molecule has 3 heterocycles. The lowest BCUT2D eigenvalue weighted by molar-refractivity contribution is 0.0697. The minimum atomic E-state index is -1.27. The molecule has 2 aliphatic carbocycles. The van der Waals surface area contributed by atoms with Crippen LogP contribution in [-0.4, -0.2) is 73.6 Å². The fraction of sp³-hybridized carbons (Fsp3) is 0.200. The van der Waals surface area contributed by atoms with E-state index in [2.05, 4.69) is 25.8 Å². The van der Waals surface area contributed by atoms with E-state index in [9.17, 15) is 29.4 Å². The van der Waals surface area contributed by atoms with Gasteiger partial charge in [0.05, 0.1) is 5.56 Å². The molecule has 6 aromatic carbocycles. The van der Waals surface area contributed by atoms with Gasteiger partial charge < -0.3 is 39.6 Å². The fourth-order valence-electron chi connectivity index (χ4n) is 9.69. The average Bonchev–Trinajstić information content (AvgIpc) is 4.15. The maximum atomic E-state index is 14.4. The zero-order valence-corrected chi connectivity index (χ0v) is 40.8. The Kier molecular flexibility index (Phi) is 13.6. The molecule has 376 valence electrons. The van der Waals surface area contributed by atoms with Crippen molar-refractivity contribution in [2.45, 2.75) is 51.5 Å². The number of likely N-dealkylation sites (tertiary alicyclic amines) is 1. The van der Waals surface area contributed by atoms with Gasteiger partial charge in [-0.25, -0.2) is 9.48 Å². The Labute approximate surface area is 431 Å². The molecule has 1 aromatic heterocycles. The van der Waals surface area contributed by atoms with E-state index in [0.717, 1.165) is 55.1 Å². The standard InChI is InChI=1S/C60H52N6O9/c67-44-18-22-48-52(30-44)75-53-31-45(68)19-23-49(53)55(48)47-21-17-42(29-50(47)60(71)72)58(69)61-33-37-13-15-41(16-14-37)57-56(59(70)62-43-25-27-65(28-26-43)34-38-11-12-38)63-64-66(57)51-24-20-46(73-35-39-7-3-1-4-8-39)32-54(51)74-36-40-9-5-2-6-10-40/h1-10,13-24,29-32,38,43,67H,11-12,25-28,33-36H2,(H,61,69)(H,62,70)(H,71,72). The van der Waals surface area contributed by atoms with Crippen molar-refractivity contribution < 1.29 is 38.5 Å². The van der Waals surface area contributed by atoms with Crippen molar-refractivity contribution in [3.05, 3.63) is 201 Å². The molecule has 2 aliphatic heterocycles. The van der Waals surface area contributed by atoms with Gasteiger partial charge in [-0.1, -0.05) is 96.2 Å². The van der Waals surface area contributed by atoms with E-state index in [4.69, 9.17) is 13.9 Å². The van der Waals surface area contributed by atoms with Gasteiger partial charge in [0.1, 0.15) is 53.2 Å². The van der Waals surface area contributed by atoms with E-state index in [1.165, 1.54) is 43.2 Å². The first-order valence-electron chi connectivity index (χ1n) is 25.0. The highest BCUT2D eigenvalue weighted by Crippen LogP contribution is 2.42. The van der Waals surface area contributed by atoms with Crippen LogP contribution in [0.5, 0.6) is 17.2 Å². The van der Waals surface area contributed by atoms with Crippen molar-refractivity contribution in [2.24, 2.45) is 5.92 Å². The summed E-state index contributed by atoms with van der Waals surface area (Å²) >= 11 is 0. The largest absolute Gasteiger partial charge is 0.508 e. The van der Waals surface area contributed by atoms with Gasteiger partial charge in [-0.3, -0.25) is 14.4 Å². The van der Waals surface area contributed by atoms with Gasteiger partial charge in [-0.15, -0.1) is 5.10 Å². The Morgan fingerprint density at radius 1 is 0.707 bits per heavy atom. The van der Waals surface area contributed by atoms with Gasteiger partial charge in [0.15, 0.2) is 11.1 Å². The zero-order valence-electron chi connectivity index (χ0n) is 40.8. The molecule has 15 heteroatoms. The number of carbonyl (C=O) groups is 3. The molecule has 0 atom stereocenters. The Morgan fingerprint density at radius 2 is 1.43 bits per heavy atom. The summed E-state index contributed by atoms with van der Waals surface area (Å²) in [6.45, 7) is 3.64. The fourth-order valence-corrected chi connectivity index (χ4v) is 9.69. The summed E-state index contributed by atoms with van der Waals surface area (Å²) in [7, 11) is 0. The molecule has 2 amide bonds. The third-order valence-corrected chi connectivity index (χ3v) is 13.8. The monoisotopic (exact) mass is 1000 g/mol. The number of benzene rings is 7. The number of aromatic nitrogens is 3. The molecule has 0 unspecified atom stereocenters. The summed E-state index contributed by atoms with van der Waals surface area (Å²) in [6, 6.07) is 45.7. The summed E-state index contributed by atoms with van der Waals surface area (Å²) in [5, 5.41) is 36.6. The van der Waals surface area contributed by atoms with Crippen molar-refractivity contribution in [3.8, 4) is 56.6 Å². The van der Waals surface area contributed by atoms with Crippen LogP contribution < -0.4 is 25.5 Å². The molecule has 1 saturated heterocycles. The number of carboxylic acid groups (broad SMARTS) is 1. The first-order valence-corrected chi connectivity index (χ1v) is 25.0. The van der Waals surface area contributed by atoms with Gasteiger partial charge in [-0.05, 0) is 102 Å². The zero-order chi connectivity index (χ0) is 51.4. The smallest absolute Gasteiger partial charge is 0.336 e. The molecular formula is C60H52N6O9.